The number of halogens is 1. The highest BCUT2D eigenvalue weighted by Gasteiger charge is 2.14. The topological polar surface area (TPSA) is 63.3 Å². The van der Waals surface area contributed by atoms with Gasteiger partial charge in [0, 0.05) is 5.02 Å². The van der Waals surface area contributed by atoms with Crippen LogP contribution in [0.4, 0.5) is 0 Å². The Bertz CT molecular complexity index is 554. The Morgan fingerprint density at radius 3 is 2.50 bits per heavy atom. The lowest BCUT2D eigenvalue weighted by Gasteiger charge is -2.08. The van der Waals surface area contributed by atoms with E-state index < -0.39 is 12.0 Å². The first-order valence-corrected chi connectivity index (χ1v) is 5.13. The highest BCUT2D eigenvalue weighted by atomic mass is 35.5. The third-order valence-electron chi connectivity index (χ3n) is 2.45. The molecule has 0 heterocycles. The van der Waals surface area contributed by atoms with E-state index in [0.717, 1.165) is 10.8 Å². The van der Waals surface area contributed by atoms with Crippen LogP contribution in [0.3, 0.4) is 0 Å². The number of carbonyl (C=O) groups is 1. The summed E-state index contributed by atoms with van der Waals surface area (Å²) in [6, 6.07) is 9.74. The lowest BCUT2D eigenvalue weighted by atomic mass is 10.0. The fourth-order valence-electron chi connectivity index (χ4n) is 1.57. The van der Waals surface area contributed by atoms with Crippen molar-refractivity contribution >= 4 is 28.3 Å². The van der Waals surface area contributed by atoms with Crippen molar-refractivity contribution in [1.82, 2.24) is 0 Å². The minimum absolute atomic E-state index is 0.585. The normalized spacial score (nSPS) is 12.6. The Balaban J connectivity index is 2.52. The quantitative estimate of drug-likeness (QED) is 0.841. The summed E-state index contributed by atoms with van der Waals surface area (Å²) in [7, 11) is 0. The van der Waals surface area contributed by atoms with Crippen molar-refractivity contribution in [3.63, 3.8) is 0 Å². The van der Waals surface area contributed by atoms with Crippen LogP contribution in [0.15, 0.2) is 36.4 Å². The van der Waals surface area contributed by atoms with Gasteiger partial charge in [0.2, 0.25) is 0 Å². The molecule has 0 saturated heterocycles. The van der Waals surface area contributed by atoms with Crippen molar-refractivity contribution in [3.8, 4) is 0 Å². The Hall–Kier alpha value is -1.58. The summed E-state index contributed by atoms with van der Waals surface area (Å²) in [5.74, 6) is -1.03. The van der Waals surface area contributed by atoms with E-state index in [-0.39, 0.29) is 0 Å². The van der Waals surface area contributed by atoms with Crippen molar-refractivity contribution < 1.29 is 9.90 Å². The Morgan fingerprint density at radius 1 is 1.19 bits per heavy atom. The molecule has 0 spiro atoms. The molecule has 3 N–H and O–H groups in total. The molecule has 0 saturated carbocycles. The highest BCUT2D eigenvalue weighted by Crippen LogP contribution is 2.22. The molecule has 2 rings (SSSR count). The summed E-state index contributed by atoms with van der Waals surface area (Å²) in [4.78, 5) is 10.7. The average Bonchev–Trinajstić information content (AvgIpc) is 2.27. The Kier molecular flexibility index (Phi) is 2.81. The molecule has 82 valence electrons. The number of hydrogen-bond acceptors (Lipinski definition) is 2. The van der Waals surface area contributed by atoms with Crippen molar-refractivity contribution in [3.05, 3.63) is 47.0 Å². The number of rotatable bonds is 2. The molecule has 3 nitrogen and oxygen atoms in total. The summed E-state index contributed by atoms with van der Waals surface area (Å²) in [6.45, 7) is 0. The number of fused-ring (bicyclic) bond motifs is 1. The van der Waals surface area contributed by atoms with E-state index in [0.29, 0.717) is 10.6 Å². The Morgan fingerprint density at radius 2 is 1.81 bits per heavy atom. The first kappa shape index (κ1) is 10.9. The maximum absolute atomic E-state index is 10.7. The fourth-order valence-corrected chi connectivity index (χ4v) is 1.75. The van der Waals surface area contributed by atoms with Crippen molar-refractivity contribution in [2.24, 2.45) is 5.73 Å². The molecule has 0 aliphatic rings. The van der Waals surface area contributed by atoms with Crippen LogP contribution in [0.2, 0.25) is 5.02 Å². The summed E-state index contributed by atoms with van der Waals surface area (Å²) in [5.41, 5.74) is 6.12. The molecule has 0 aromatic heterocycles. The third-order valence-corrected chi connectivity index (χ3v) is 2.69. The van der Waals surface area contributed by atoms with Crippen molar-refractivity contribution in [2.75, 3.05) is 0 Å². The van der Waals surface area contributed by atoms with E-state index in [4.69, 9.17) is 22.4 Å². The van der Waals surface area contributed by atoms with Crippen LogP contribution >= 0.6 is 11.6 Å². The molecule has 0 fully saturated rings. The molecular weight excluding hydrogens is 226 g/mol. The highest BCUT2D eigenvalue weighted by molar-refractivity contribution is 6.31. The first-order valence-electron chi connectivity index (χ1n) is 4.75. The number of carboxylic acid groups (broad SMARTS) is 1. The van der Waals surface area contributed by atoms with Gasteiger partial charge in [0.15, 0.2) is 0 Å². The molecule has 2 aromatic rings. The summed E-state index contributed by atoms with van der Waals surface area (Å²) in [5, 5.41) is 11.4. The van der Waals surface area contributed by atoms with E-state index in [2.05, 4.69) is 0 Å². The second kappa shape index (κ2) is 4.12. The van der Waals surface area contributed by atoms with Crippen LogP contribution in [-0.2, 0) is 4.79 Å². The zero-order valence-electron chi connectivity index (χ0n) is 8.35. The van der Waals surface area contributed by atoms with Crippen molar-refractivity contribution in [1.29, 1.82) is 0 Å². The average molecular weight is 236 g/mol. The SMILES string of the molecule is NC(C(=O)O)c1ccc2cc(Cl)ccc2c1. The van der Waals surface area contributed by atoms with E-state index in [1.807, 2.05) is 18.2 Å². The van der Waals surface area contributed by atoms with Gasteiger partial charge < -0.3 is 10.8 Å². The van der Waals surface area contributed by atoms with E-state index in [1.165, 1.54) is 0 Å². The van der Waals surface area contributed by atoms with E-state index in [9.17, 15) is 4.79 Å². The van der Waals surface area contributed by atoms with Crippen LogP contribution in [0.25, 0.3) is 10.8 Å². The standard InChI is InChI=1S/C12H10ClNO2/c13-10-4-3-7-5-9(11(14)12(15)16)2-1-8(7)6-10/h1-6,11H,14H2,(H,15,16). The van der Waals surface area contributed by atoms with Crippen LogP contribution in [-0.4, -0.2) is 11.1 Å². The van der Waals surface area contributed by atoms with Crippen molar-refractivity contribution in [2.45, 2.75) is 6.04 Å². The molecule has 0 aliphatic carbocycles. The molecule has 0 aliphatic heterocycles. The van der Waals surface area contributed by atoms with Crippen LogP contribution in [0.1, 0.15) is 11.6 Å². The van der Waals surface area contributed by atoms with Gasteiger partial charge in [-0.3, -0.25) is 4.79 Å². The van der Waals surface area contributed by atoms with Crippen LogP contribution in [0.5, 0.6) is 0 Å². The molecule has 4 heteroatoms. The number of nitrogens with two attached hydrogens (primary N) is 1. The zero-order valence-corrected chi connectivity index (χ0v) is 9.11. The smallest absolute Gasteiger partial charge is 0.325 e. The summed E-state index contributed by atoms with van der Waals surface area (Å²) >= 11 is 5.85. The van der Waals surface area contributed by atoms with Gasteiger partial charge in [0.1, 0.15) is 6.04 Å². The predicted octanol–water partition coefficient (Wildman–Crippen LogP) is 2.58. The van der Waals surface area contributed by atoms with Gasteiger partial charge in [-0.25, -0.2) is 0 Å². The molecule has 16 heavy (non-hydrogen) atoms. The zero-order chi connectivity index (χ0) is 11.7. The van der Waals surface area contributed by atoms with Gasteiger partial charge in [-0.05, 0) is 34.5 Å². The second-order valence-electron chi connectivity index (χ2n) is 3.57. The van der Waals surface area contributed by atoms with Crippen LogP contribution < -0.4 is 5.73 Å². The molecule has 0 amide bonds. The van der Waals surface area contributed by atoms with Crippen LogP contribution in [0, 0.1) is 0 Å². The Labute approximate surface area is 97.4 Å². The largest absolute Gasteiger partial charge is 0.480 e. The van der Waals surface area contributed by atoms with Gasteiger partial charge in [0.05, 0.1) is 0 Å². The molecule has 0 bridgehead atoms. The monoisotopic (exact) mass is 235 g/mol. The maximum Gasteiger partial charge on any atom is 0.325 e. The third kappa shape index (κ3) is 2.01. The van der Waals surface area contributed by atoms with E-state index in [1.54, 1.807) is 18.2 Å². The summed E-state index contributed by atoms with van der Waals surface area (Å²) < 4.78 is 0. The first-order chi connectivity index (χ1) is 7.58. The molecule has 1 unspecified atom stereocenters. The molecular formula is C12H10ClNO2. The lowest BCUT2D eigenvalue weighted by Crippen LogP contribution is -2.20. The molecule has 2 aromatic carbocycles. The minimum Gasteiger partial charge on any atom is -0.480 e. The van der Waals surface area contributed by atoms with Gasteiger partial charge in [0.25, 0.3) is 0 Å². The van der Waals surface area contributed by atoms with Gasteiger partial charge in [-0.2, -0.15) is 0 Å². The molecule has 0 radical (unpaired) electrons. The fraction of sp³-hybridized carbons (Fsp3) is 0.0833. The number of hydrogen-bond donors (Lipinski definition) is 2. The summed E-state index contributed by atoms with van der Waals surface area (Å²) in [6.07, 6.45) is 0. The van der Waals surface area contributed by atoms with Gasteiger partial charge in [-0.15, -0.1) is 0 Å². The number of benzene rings is 2. The maximum atomic E-state index is 10.7. The van der Waals surface area contributed by atoms with Gasteiger partial charge in [-0.1, -0.05) is 29.8 Å². The number of carboxylic acids is 1. The second-order valence-corrected chi connectivity index (χ2v) is 4.00. The van der Waals surface area contributed by atoms with Gasteiger partial charge >= 0.3 is 5.97 Å². The van der Waals surface area contributed by atoms with E-state index >= 15 is 0 Å². The lowest BCUT2D eigenvalue weighted by molar-refractivity contribution is -0.138. The number of aliphatic carboxylic acids is 1. The minimum atomic E-state index is -1.03. The molecule has 1 atom stereocenters. The predicted molar refractivity (Wildman–Crippen MR) is 63.5 cm³/mol.